The number of hydrogen-bond donors (Lipinski definition) is 1. The standard InChI is InChI=1S/C21H17Cl2NO4S/c1-27-21(26)18-12-4-2-3-5-17(12)29-20(18)24-19(25)16-9-8-15(28-16)11-6-7-13(22)14(23)10-11/h6-10H,2-5H2,1H3,(H,24,25). The number of ether oxygens (including phenoxy) is 1. The van der Waals surface area contributed by atoms with E-state index in [1.807, 2.05) is 0 Å². The first kappa shape index (κ1) is 20.0. The zero-order valence-electron chi connectivity index (χ0n) is 15.5. The third-order valence-corrected chi connectivity index (χ3v) is 6.77. The molecule has 0 fully saturated rings. The van der Waals surface area contributed by atoms with Gasteiger partial charge in [0, 0.05) is 10.4 Å². The van der Waals surface area contributed by atoms with Crippen LogP contribution in [-0.4, -0.2) is 19.0 Å². The summed E-state index contributed by atoms with van der Waals surface area (Å²) in [5, 5.41) is 4.17. The summed E-state index contributed by atoms with van der Waals surface area (Å²) in [7, 11) is 1.34. The monoisotopic (exact) mass is 449 g/mol. The Morgan fingerprint density at radius 3 is 2.66 bits per heavy atom. The van der Waals surface area contributed by atoms with Crippen molar-refractivity contribution >= 4 is 51.4 Å². The lowest BCUT2D eigenvalue weighted by atomic mass is 9.95. The lowest BCUT2D eigenvalue weighted by molar-refractivity contribution is 0.0601. The smallest absolute Gasteiger partial charge is 0.341 e. The highest BCUT2D eigenvalue weighted by atomic mass is 35.5. The topological polar surface area (TPSA) is 68.5 Å². The highest BCUT2D eigenvalue weighted by molar-refractivity contribution is 7.17. The Kier molecular flexibility index (Phi) is 5.67. The van der Waals surface area contributed by atoms with Crippen LogP contribution in [0.4, 0.5) is 5.00 Å². The van der Waals surface area contributed by atoms with Gasteiger partial charge in [-0.25, -0.2) is 4.79 Å². The minimum Gasteiger partial charge on any atom is -0.465 e. The fourth-order valence-corrected chi connectivity index (χ4v) is 4.97. The number of rotatable bonds is 4. The van der Waals surface area contributed by atoms with E-state index in [-0.39, 0.29) is 5.76 Å². The average Bonchev–Trinajstić information content (AvgIpc) is 3.34. The molecular formula is C21H17Cl2NO4S. The van der Waals surface area contributed by atoms with E-state index in [0.29, 0.717) is 31.9 Å². The lowest BCUT2D eigenvalue weighted by Crippen LogP contribution is -2.14. The summed E-state index contributed by atoms with van der Waals surface area (Å²) in [5.74, 6) is -0.239. The van der Waals surface area contributed by atoms with Crippen LogP contribution >= 0.6 is 34.5 Å². The highest BCUT2D eigenvalue weighted by Gasteiger charge is 2.27. The number of hydrogen-bond acceptors (Lipinski definition) is 5. The SMILES string of the molecule is COC(=O)c1c(NC(=O)c2ccc(-c3ccc(Cl)c(Cl)c3)o2)sc2c1CCCC2. The van der Waals surface area contributed by atoms with E-state index in [1.54, 1.807) is 30.3 Å². The van der Waals surface area contributed by atoms with Crippen LogP contribution in [-0.2, 0) is 17.6 Å². The molecule has 2 heterocycles. The van der Waals surface area contributed by atoms with Crippen molar-refractivity contribution in [2.45, 2.75) is 25.7 Å². The number of aryl methyl sites for hydroxylation is 1. The summed E-state index contributed by atoms with van der Waals surface area (Å²) in [5.41, 5.74) is 2.15. The van der Waals surface area contributed by atoms with Gasteiger partial charge in [-0.3, -0.25) is 4.79 Å². The summed E-state index contributed by atoms with van der Waals surface area (Å²) in [6.07, 6.45) is 3.81. The highest BCUT2D eigenvalue weighted by Crippen LogP contribution is 2.39. The maximum Gasteiger partial charge on any atom is 0.341 e. The Morgan fingerprint density at radius 1 is 1.10 bits per heavy atom. The van der Waals surface area contributed by atoms with Crippen molar-refractivity contribution in [2.24, 2.45) is 0 Å². The molecule has 0 radical (unpaired) electrons. The number of carbonyl (C=O) groups is 2. The van der Waals surface area contributed by atoms with Gasteiger partial charge in [0.2, 0.25) is 0 Å². The normalized spacial score (nSPS) is 13.1. The molecule has 1 N–H and O–H groups in total. The fraction of sp³-hybridized carbons (Fsp3) is 0.238. The van der Waals surface area contributed by atoms with E-state index >= 15 is 0 Å². The number of thiophene rings is 1. The molecule has 5 nitrogen and oxygen atoms in total. The van der Waals surface area contributed by atoms with Crippen LogP contribution in [0, 0.1) is 0 Å². The van der Waals surface area contributed by atoms with E-state index in [0.717, 1.165) is 36.1 Å². The second-order valence-corrected chi connectivity index (χ2v) is 8.57. The second kappa shape index (κ2) is 8.22. The van der Waals surface area contributed by atoms with Gasteiger partial charge in [0.05, 0.1) is 22.7 Å². The Morgan fingerprint density at radius 2 is 1.90 bits per heavy atom. The zero-order chi connectivity index (χ0) is 20.5. The molecule has 0 atom stereocenters. The molecule has 0 bridgehead atoms. The van der Waals surface area contributed by atoms with Crippen molar-refractivity contribution in [2.75, 3.05) is 12.4 Å². The number of nitrogens with one attached hydrogen (secondary N) is 1. The van der Waals surface area contributed by atoms with Gasteiger partial charge in [-0.15, -0.1) is 11.3 Å². The Hall–Kier alpha value is -2.28. The summed E-state index contributed by atoms with van der Waals surface area (Å²) in [4.78, 5) is 26.2. The Labute approximate surface area is 181 Å². The number of anilines is 1. The van der Waals surface area contributed by atoms with E-state index in [1.165, 1.54) is 18.4 Å². The zero-order valence-corrected chi connectivity index (χ0v) is 17.8. The summed E-state index contributed by atoms with van der Waals surface area (Å²) in [6, 6.07) is 8.37. The molecule has 0 unspecified atom stereocenters. The first-order valence-electron chi connectivity index (χ1n) is 9.07. The van der Waals surface area contributed by atoms with Crippen molar-refractivity contribution in [3.8, 4) is 11.3 Å². The number of benzene rings is 1. The molecule has 1 aliphatic rings. The minimum absolute atomic E-state index is 0.133. The predicted octanol–water partition coefficient (Wildman–Crippen LogP) is 6.23. The first-order chi connectivity index (χ1) is 14.0. The van der Waals surface area contributed by atoms with Crippen LogP contribution in [0.1, 0.15) is 44.2 Å². The number of carbonyl (C=O) groups excluding carboxylic acids is 2. The van der Waals surface area contributed by atoms with Crippen molar-refractivity contribution in [1.82, 2.24) is 0 Å². The third-order valence-electron chi connectivity index (χ3n) is 4.82. The van der Waals surface area contributed by atoms with E-state index in [2.05, 4.69) is 5.32 Å². The molecule has 1 aliphatic carbocycles. The van der Waals surface area contributed by atoms with Crippen molar-refractivity contribution < 1.29 is 18.7 Å². The first-order valence-corrected chi connectivity index (χ1v) is 10.6. The molecule has 1 aromatic carbocycles. The molecule has 29 heavy (non-hydrogen) atoms. The van der Waals surface area contributed by atoms with Gasteiger partial charge in [0.25, 0.3) is 5.91 Å². The number of methoxy groups -OCH3 is 1. The van der Waals surface area contributed by atoms with Crippen LogP contribution in [0.3, 0.4) is 0 Å². The largest absolute Gasteiger partial charge is 0.465 e. The van der Waals surface area contributed by atoms with Gasteiger partial charge < -0.3 is 14.5 Å². The van der Waals surface area contributed by atoms with Gasteiger partial charge >= 0.3 is 5.97 Å². The van der Waals surface area contributed by atoms with Crippen LogP contribution < -0.4 is 5.32 Å². The minimum atomic E-state index is -0.435. The van der Waals surface area contributed by atoms with Crippen LogP contribution in [0.15, 0.2) is 34.7 Å². The molecule has 3 aromatic rings. The van der Waals surface area contributed by atoms with E-state index < -0.39 is 11.9 Å². The Balaban J connectivity index is 1.60. The van der Waals surface area contributed by atoms with Crippen LogP contribution in [0.25, 0.3) is 11.3 Å². The predicted molar refractivity (Wildman–Crippen MR) is 114 cm³/mol. The van der Waals surface area contributed by atoms with Crippen molar-refractivity contribution in [3.63, 3.8) is 0 Å². The third kappa shape index (κ3) is 3.92. The summed E-state index contributed by atoms with van der Waals surface area (Å²) < 4.78 is 10.6. The van der Waals surface area contributed by atoms with E-state index in [4.69, 9.17) is 32.4 Å². The molecular weight excluding hydrogens is 433 g/mol. The number of furan rings is 1. The van der Waals surface area contributed by atoms with Crippen molar-refractivity contribution in [1.29, 1.82) is 0 Å². The lowest BCUT2D eigenvalue weighted by Gasteiger charge is -2.11. The second-order valence-electron chi connectivity index (χ2n) is 6.65. The van der Waals surface area contributed by atoms with Crippen LogP contribution in [0.5, 0.6) is 0 Å². The summed E-state index contributed by atoms with van der Waals surface area (Å²) in [6.45, 7) is 0. The van der Waals surface area contributed by atoms with Crippen LogP contribution in [0.2, 0.25) is 10.0 Å². The molecule has 2 aromatic heterocycles. The molecule has 0 saturated carbocycles. The average molecular weight is 450 g/mol. The Bertz CT molecular complexity index is 1100. The molecule has 0 saturated heterocycles. The number of fused-ring (bicyclic) bond motifs is 1. The van der Waals surface area contributed by atoms with Gasteiger partial charge in [0.15, 0.2) is 5.76 Å². The van der Waals surface area contributed by atoms with Gasteiger partial charge in [-0.05, 0) is 61.6 Å². The number of amides is 1. The fourth-order valence-electron chi connectivity index (χ4n) is 3.40. The van der Waals surface area contributed by atoms with Crippen molar-refractivity contribution in [3.05, 3.63) is 62.1 Å². The van der Waals surface area contributed by atoms with Gasteiger partial charge in [-0.2, -0.15) is 0 Å². The number of esters is 1. The summed E-state index contributed by atoms with van der Waals surface area (Å²) >= 11 is 13.4. The molecule has 1 amide bonds. The maximum absolute atomic E-state index is 12.8. The van der Waals surface area contributed by atoms with Gasteiger partial charge in [-0.1, -0.05) is 23.2 Å². The van der Waals surface area contributed by atoms with E-state index in [9.17, 15) is 9.59 Å². The maximum atomic E-state index is 12.8. The molecule has 0 spiro atoms. The molecule has 8 heteroatoms. The number of halogens is 2. The molecule has 4 rings (SSSR count). The quantitative estimate of drug-likeness (QED) is 0.479. The molecule has 0 aliphatic heterocycles. The van der Waals surface area contributed by atoms with Gasteiger partial charge in [0.1, 0.15) is 10.8 Å². The molecule has 150 valence electrons.